The fourth-order valence-corrected chi connectivity index (χ4v) is 11.0. The third kappa shape index (κ3) is 6.52. The lowest BCUT2D eigenvalue weighted by molar-refractivity contribution is 0.563. The second-order valence-electron chi connectivity index (χ2n) is 17.5. The van der Waals surface area contributed by atoms with Crippen LogP contribution in [-0.2, 0) is 17.3 Å². The van der Waals surface area contributed by atoms with E-state index < -0.39 is 0 Å². The molecule has 0 heterocycles. The largest absolute Gasteiger partial charge is 0.0719 e. The minimum Gasteiger partial charge on any atom is -0.0683 e. The minimum atomic E-state index is -0.357. The van der Waals surface area contributed by atoms with E-state index in [9.17, 15) is 0 Å². The Hall–Kier alpha value is -6.76. The highest BCUT2D eigenvalue weighted by atomic mass is 14.5. The molecule has 0 saturated heterocycles. The SMILES string of the molecule is CC.CC1(C)c2ccccc2C2(c3ccccc3-c3cc(C4=CC=C(C(Cc5ccc(-c6ccccc6)cc5)c5ccc(-c6ccccc6)cc5)CC4)ccc32)c2ccccc21. The number of benzene rings is 8. The molecule has 8 aromatic rings. The third-order valence-corrected chi connectivity index (χ3v) is 14.0. The number of hydrogen-bond acceptors (Lipinski definition) is 0. The van der Waals surface area contributed by atoms with Gasteiger partial charge in [0.25, 0.3) is 0 Å². The first kappa shape index (κ1) is 39.4. The van der Waals surface area contributed by atoms with Gasteiger partial charge in [0, 0.05) is 11.3 Å². The normalized spacial score (nSPS) is 15.4. The maximum absolute atomic E-state index is 2.51. The van der Waals surface area contributed by atoms with Crippen molar-refractivity contribution in [2.45, 2.75) is 63.7 Å². The van der Waals surface area contributed by atoms with Crippen molar-refractivity contribution in [1.29, 1.82) is 0 Å². The zero-order chi connectivity index (χ0) is 42.3. The van der Waals surface area contributed by atoms with Crippen LogP contribution < -0.4 is 0 Å². The molecule has 0 fully saturated rings. The van der Waals surface area contributed by atoms with Gasteiger partial charge in [-0.05, 0) is 114 Å². The van der Waals surface area contributed by atoms with Crippen LogP contribution in [0.1, 0.15) is 96.5 Å². The molecule has 0 bridgehead atoms. The van der Waals surface area contributed by atoms with Gasteiger partial charge in [-0.15, -0.1) is 0 Å². The number of allylic oxidation sites excluding steroid dienone is 4. The lowest BCUT2D eigenvalue weighted by Crippen LogP contribution is -2.40. The Kier molecular flexibility index (Phi) is 10.3. The molecule has 0 N–H and O–H groups in total. The second-order valence-corrected chi connectivity index (χ2v) is 17.5. The summed E-state index contributed by atoms with van der Waals surface area (Å²) in [5.41, 5.74) is 22.7. The molecule has 3 aliphatic carbocycles. The molecular formula is C62H54. The van der Waals surface area contributed by atoms with Crippen molar-refractivity contribution in [1.82, 2.24) is 0 Å². The maximum Gasteiger partial charge on any atom is 0.0719 e. The van der Waals surface area contributed by atoms with Crippen molar-refractivity contribution in [3.05, 3.63) is 268 Å². The Morgan fingerprint density at radius 3 is 1.44 bits per heavy atom. The first-order valence-corrected chi connectivity index (χ1v) is 22.6. The molecule has 0 aromatic heterocycles. The first-order chi connectivity index (χ1) is 30.5. The maximum atomic E-state index is 2.51. The van der Waals surface area contributed by atoms with E-state index in [0.717, 1.165) is 19.3 Å². The lowest BCUT2D eigenvalue weighted by Gasteiger charge is -2.46. The molecule has 1 atom stereocenters. The van der Waals surface area contributed by atoms with Gasteiger partial charge in [0.05, 0.1) is 5.41 Å². The van der Waals surface area contributed by atoms with Crippen molar-refractivity contribution in [3.8, 4) is 33.4 Å². The van der Waals surface area contributed by atoms with Gasteiger partial charge >= 0.3 is 0 Å². The van der Waals surface area contributed by atoms with E-state index in [1.54, 1.807) is 0 Å². The molecular weight excluding hydrogens is 745 g/mol. The van der Waals surface area contributed by atoms with E-state index in [4.69, 9.17) is 0 Å². The summed E-state index contributed by atoms with van der Waals surface area (Å²) in [7, 11) is 0. The summed E-state index contributed by atoms with van der Waals surface area (Å²) in [5, 5.41) is 0. The summed E-state index contributed by atoms with van der Waals surface area (Å²) in [6.45, 7) is 8.79. The van der Waals surface area contributed by atoms with Crippen molar-refractivity contribution in [2.24, 2.45) is 0 Å². The van der Waals surface area contributed by atoms with Crippen molar-refractivity contribution < 1.29 is 0 Å². The zero-order valence-corrected chi connectivity index (χ0v) is 36.4. The van der Waals surface area contributed by atoms with Gasteiger partial charge in [-0.3, -0.25) is 0 Å². The fraction of sp³-hybridized carbons (Fsp3) is 0.161. The van der Waals surface area contributed by atoms with Gasteiger partial charge in [-0.1, -0.05) is 240 Å². The highest BCUT2D eigenvalue weighted by molar-refractivity contribution is 5.90. The molecule has 0 amide bonds. The zero-order valence-electron chi connectivity index (χ0n) is 36.4. The van der Waals surface area contributed by atoms with E-state index in [-0.39, 0.29) is 16.7 Å². The van der Waals surface area contributed by atoms with Crippen LogP contribution in [0.2, 0.25) is 0 Å². The summed E-state index contributed by atoms with van der Waals surface area (Å²) in [6, 6.07) is 75.0. The molecule has 0 nitrogen and oxygen atoms in total. The summed E-state index contributed by atoms with van der Waals surface area (Å²) in [6.07, 6.45) is 7.89. The lowest BCUT2D eigenvalue weighted by atomic mass is 9.55. The first-order valence-electron chi connectivity index (χ1n) is 22.6. The van der Waals surface area contributed by atoms with E-state index in [0.29, 0.717) is 0 Å². The smallest absolute Gasteiger partial charge is 0.0683 e. The van der Waals surface area contributed by atoms with Gasteiger partial charge in [-0.25, -0.2) is 0 Å². The van der Waals surface area contributed by atoms with Crippen LogP contribution in [0.15, 0.2) is 218 Å². The Bertz CT molecular complexity index is 2890. The summed E-state index contributed by atoms with van der Waals surface area (Å²) >= 11 is 0. The Morgan fingerprint density at radius 1 is 0.403 bits per heavy atom. The van der Waals surface area contributed by atoms with Gasteiger partial charge in [0.15, 0.2) is 0 Å². The van der Waals surface area contributed by atoms with Crippen LogP contribution in [0.25, 0.3) is 39.0 Å². The summed E-state index contributed by atoms with van der Waals surface area (Å²) < 4.78 is 0. The van der Waals surface area contributed by atoms with Crippen LogP contribution in [0.3, 0.4) is 0 Å². The molecule has 1 unspecified atom stereocenters. The van der Waals surface area contributed by atoms with Crippen LogP contribution in [0.5, 0.6) is 0 Å². The molecule has 0 heteroatoms. The fourth-order valence-electron chi connectivity index (χ4n) is 11.0. The number of hydrogen-bond donors (Lipinski definition) is 0. The van der Waals surface area contributed by atoms with Crippen molar-refractivity contribution in [3.63, 3.8) is 0 Å². The topological polar surface area (TPSA) is 0 Å². The molecule has 3 aliphatic rings. The molecule has 0 aliphatic heterocycles. The molecule has 302 valence electrons. The van der Waals surface area contributed by atoms with E-state index in [1.807, 2.05) is 13.8 Å². The van der Waals surface area contributed by atoms with Crippen LogP contribution in [0, 0.1) is 0 Å². The Labute approximate surface area is 369 Å². The molecule has 0 saturated carbocycles. The monoisotopic (exact) mass is 798 g/mol. The number of fused-ring (bicyclic) bond motifs is 9. The van der Waals surface area contributed by atoms with E-state index in [1.165, 1.54) is 94.6 Å². The van der Waals surface area contributed by atoms with E-state index in [2.05, 4.69) is 226 Å². The predicted molar refractivity (Wildman–Crippen MR) is 263 cm³/mol. The van der Waals surface area contributed by atoms with Gasteiger partial charge < -0.3 is 0 Å². The highest BCUT2D eigenvalue weighted by Crippen LogP contribution is 2.62. The minimum absolute atomic E-state index is 0.0968. The number of rotatable bonds is 7. The second kappa shape index (κ2) is 16.3. The highest BCUT2D eigenvalue weighted by Gasteiger charge is 2.53. The standard InChI is InChI=1S/C60H48.C2H6/c1-59(2)55-21-11-13-23-57(55)60(58-24-14-12-22-56(58)59)53-20-10-9-19-50(53)52-40-49(37-38-54(52)60)46-31-35-48(36-32-46)51(47-33-29-45(30-34-47)43-17-7-4-8-18-43)39-41-25-27-44(28-26-41)42-15-5-3-6-16-42;1-2/h3-31,33-35,37-38,40,51H,32,36,39H2,1-2H3;1-2H3. The molecule has 8 aromatic carbocycles. The summed E-state index contributed by atoms with van der Waals surface area (Å²) in [5.74, 6) is 0.289. The Balaban J connectivity index is 0.00000226. The van der Waals surface area contributed by atoms with Crippen molar-refractivity contribution >= 4 is 5.57 Å². The van der Waals surface area contributed by atoms with Crippen LogP contribution in [0.4, 0.5) is 0 Å². The van der Waals surface area contributed by atoms with Crippen LogP contribution in [-0.4, -0.2) is 0 Å². The van der Waals surface area contributed by atoms with Gasteiger partial charge in [-0.2, -0.15) is 0 Å². The van der Waals surface area contributed by atoms with Crippen molar-refractivity contribution in [2.75, 3.05) is 0 Å². The van der Waals surface area contributed by atoms with Gasteiger partial charge in [0.1, 0.15) is 0 Å². The molecule has 1 spiro atoms. The average Bonchev–Trinajstić information content (AvgIpc) is 3.64. The van der Waals surface area contributed by atoms with Crippen LogP contribution >= 0.6 is 0 Å². The quantitative estimate of drug-likeness (QED) is 0.151. The van der Waals surface area contributed by atoms with E-state index >= 15 is 0 Å². The predicted octanol–water partition coefficient (Wildman–Crippen LogP) is 16.2. The Morgan fingerprint density at radius 2 is 0.871 bits per heavy atom. The molecule has 0 radical (unpaired) electrons. The molecule has 11 rings (SSSR count). The average molecular weight is 799 g/mol. The molecule has 62 heavy (non-hydrogen) atoms. The van der Waals surface area contributed by atoms with Gasteiger partial charge in [0.2, 0.25) is 0 Å². The third-order valence-electron chi connectivity index (χ3n) is 14.0. The summed E-state index contributed by atoms with van der Waals surface area (Å²) in [4.78, 5) is 0.